The lowest BCUT2D eigenvalue weighted by Gasteiger charge is -2.40. The van der Waals surface area contributed by atoms with Gasteiger partial charge in [0.25, 0.3) is 0 Å². The summed E-state index contributed by atoms with van der Waals surface area (Å²) in [6.07, 6.45) is 1.59. The Morgan fingerprint density at radius 1 is 1.06 bits per heavy atom. The van der Waals surface area contributed by atoms with Crippen LogP contribution in [0.1, 0.15) is 49.7 Å². The zero-order chi connectivity index (χ0) is 25.2. The summed E-state index contributed by atoms with van der Waals surface area (Å²) in [5.41, 5.74) is 3.34. The number of carbonyl (C=O) groups is 3. The Kier molecular flexibility index (Phi) is 6.78. The Bertz CT molecular complexity index is 1090. The Morgan fingerprint density at radius 2 is 1.66 bits per heavy atom. The van der Waals surface area contributed by atoms with Crippen LogP contribution in [0.4, 0.5) is 13.6 Å². The fourth-order valence-corrected chi connectivity index (χ4v) is 5.17. The standard InChI is InChI=1S/C26H28F2N2O5/c1-25(13-7-6-12-21(25)22(31)29-15-26(27,28)23(32)33)30-24(34)35-14-20-18-10-4-2-8-16(18)17-9-3-5-11-19(17)20/h2-5,8-11,20-21H,6-7,12-15H2,1H3,(H,29,31)(H,30,34)(H,32,33). The number of ether oxygens (including phenoxy) is 1. The number of halogens is 2. The quantitative estimate of drug-likeness (QED) is 0.541. The summed E-state index contributed by atoms with van der Waals surface area (Å²) in [6.45, 7) is 0.490. The molecule has 3 N–H and O–H groups in total. The maximum Gasteiger partial charge on any atom is 0.407 e. The summed E-state index contributed by atoms with van der Waals surface area (Å²) in [5.74, 6) is -8.00. The monoisotopic (exact) mass is 486 g/mol. The minimum Gasteiger partial charge on any atom is -0.477 e. The van der Waals surface area contributed by atoms with Gasteiger partial charge in [0.15, 0.2) is 0 Å². The smallest absolute Gasteiger partial charge is 0.407 e. The third-order valence-electron chi connectivity index (χ3n) is 7.05. The SMILES string of the molecule is CC1(NC(=O)OCC2c3ccccc3-c3ccccc32)CCCCC1C(=O)NCC(F)(F)C(=O)O. The molecule has 7 nitrogen and oxygen atoms in total. The van der Waals surface area contributed by atoms with Crippen LogP contribution >= 0.6 is 0 Å². The van der Waals surface area contributed by atoms with E-state index in [4.69, 9.17) is 9.84 Å². The van der Waals surface area contributed by atoms with E-state index >= 15 is 0 Å². The predicted molar refractivity (Wildman–Crippen MR) is 124 cm³/mol. The third kappa shape index (κ3) is 4.99. The highest BCUT2D eigenvalue weighted by Crippen LogP contribution is 2.44. The fourth-order valence-electron chi connectivity index (χ4n) is 5.17. The molecule has 2 unspecified atom stereocenters. The van der Waals surface area contributed by atoms with E-state index in [1.165, 1.54) is 0 Å². The first-order valence-corrected chi connectivity index (χ1v) is 11.6. The summed E-state index contributed by atoms with van der Waals surface area (Å²) in [6, 6.07) is 15.9. The molecule has 2 aromatic rings. The Labute approximate surface area is 201 Å². The van der Waals surface area contributed by atoms with Crippen molar-refractivity contribution in [2.24, 2.45) is 5.92 Å². The van der Waals surface area contributed by atoms with Gasteiger partial charge in [-0.2, -0.15) is 8.78 Å². The molecule has 9 heteroatoms. The highest BCUT2D eigenvalue weighted by molar-refractivity contribution is 5.83. The van der Waals surface area contributed by atoms with Crippen molar-refractivity contribution in [1.82, 2.24) is 10.6 Å². The van der Waals surface area contributed by atoms with Crippen molar-refractivity contribution in [3.8, 4) is 11.1 Å². The number of alkyl halides is 2. The fraction of sp³-hybridized carbons (Fsp3) is 0.423. The Hall–Kier alpha value is -3.49. The number of nitrogens with one attached hydrogen (secondary N) is 2. The first-order valence-electron chi connectivity index (χ1n) is 11.6. The van der Waals surface area contributed by atoms with Gasteiger partial charge in [0.1, 0.15) is 6.61 Å². The molecular weight excluding hydrogens is 458 g/mol. The molecule has 1 saturated carbocycles. The number of hydrogen-bond acceptors (Lipinski definition) is 4. The maximum atomic E-state index is 13.4. The average Bonchev–Trinajstić information content (AvgIpc) is 3.15. The lowest BCUT2D eigenvalue weighted by atomic mass is 9.73. The second-order valence-electron chi connectivity index (χ2n) is 9.39. The number of rotatable bonds is 7. The molecule has 2 atom stereocenters. The maximum absolute atomic E-state index is 13.4. The van der Waals surface area contributed by atoms with Gasteiger partial charge >= 0.3 is 18.0 Å². The van der Waals surface area contributed by atoms with Gasteiger partial charge in [0.05, 0.1) is 18.0 Å². The van der Waals surface area contributed by atoms with E-state index in [9.17, 15) is 23.2 Å². The molecule has 0 radical (unpaired) electrons. The lowest BCUT2D eigenvalue weighted by Crippen LogP contribution is -2.58. The first-order chi connectivity index (χ1) is 16.6. The van der Waals surface area contributed by atoms with Crippen molar-refractivity contribution < 1.29 is 33.0 Å². The summed E-state index contributed by atoms with van der Waals surface area (Å²) < 4.78 is 32.5. The van der Waals surface area contributed by atoms with Crippen LogP contribution in [0, 0.1) is 5.92 Å². The van der Waals surface area contributed by atoms with Crippen LogP contribution in [0.25, 0.3) is 11.1 Å². The first kappa shape index (κ1) is 24.6. The lowest BCUT2D eigenvalue weighted by molar-refractivity contribution is -0.164. The van der Waals surface area contributed by atoms with Gasteiger partial charge in [-0.05, 0) is 42.0 Å². The molecule has 1 fully saturated rings. The minimum absolute atomic E-state index is 0.109. The van der Waals surface area contributed by atoms with Crippen LogP contribution in [-0.2, 0) is 14.3 Å². The molecule has 0 saturated heterocycles. The predicted octanol–water partition coefficient (Wildman–Crippen LogP) is 4.31. The summed E-state index contributed by atoms with van der Waals surface area (Å²) >= 11 is 0. The summed E-state index contributed by atoms with van der Waals surface area (Å²) in [4.78, 5) is 36.1. The van der Waals surface area contributed by atoms with Gasteiger partial charge in [0.2, 0.25) is 5.91 Å². The highest BCUT2D eigenvalue weighted by atomic mass is 19.3. The molecule has 186 valence electrons. The molecule has 0 spiro atoms. The van der Waals surface area contributed by atoms with Crippen molar-refractivity contribution >= 4 is 18.0 Å². The van der Waals surface area contributed by atoms with Gasteiger partial charge in [-0.15, -0.1) is 0 Å². The van der Waals surface area contributed by atoms with Gasteiger partial charge in [0, 0.05) is 5.92 Å². The molecule has 4 rings (SSSR count). The second kappa shape index (κ2) is 9.64. The molecule has 0 aliphatic heterocycles. The number of carboxylic acid groups (broad SMARTS) is 1. The number of carbonyl (C=O) groups excluding carboxylic acids is 2. The van der Waals surface area contributed by atoms with E-state index in [0.717, 1.165) is 28.7 Å². The minimum atomic E-state index is -4.07. The number of fused-ring (bicyclic) bond motifs is 3. The Balaban J connectivity index is 1.41. The third-order valence-corrected chi connectivity index (χ3v) is 7.05. The van der Waals surface area contributed by atoms with Crippen LogP contribution in [0.5, 0.6) is 0 Å². The van der Waals surface area contributed by atoms with E-state index in [2.05, 4.69) is 5.32 Å². The van der Waals surface area contributed by atoms with Crippen molar-refractivity contribution in [3.63, 3.8) is 0 Å². The van der Waals surface area contributed by atoms with E-state index in [0.29, 0.717) is 19.3 Å². The number of benzene rings is 2. The van der Waals surface area contributed by atoms with E-state index in [1.807, 2.05) is 53.8 Å². The average molecular weight is 487 g/mol. The number of hydrogen-bond donors (Lipinski definition) is 3. The molecule has 35 heavy (non-hydrogen) atoms. The summed E-state index contributed by atoms with van der Waals surface area (Å²) in [5, 5.41) is 13.4. The van der Waals surface area contributed by atoms with Crippen LogP contribution in [0.15, 0.2) is 48.5 Å². The molecular formula is C26H28F2N2O5. The largest absolute Gasteiger partial charge is 0.477 e. The normalized spacial score (nSPS) is 21.5. The van der Waals surface area contributed by atoms with E-state index < -0.39 is 41.9 Å². The van der Waals surface area contributed by atoms with Crippen LogP contribution in [0.2, 0.25) is 0 Å². The zero-order valence-electron chi connectivity index (χ0n) is 19.4. The van der Waals surface area contributed by atoms with Crippen LogP contribution in [0.3, 0.4) is 0 Å². The van der Waals surface area contributed by atoms with E-state index in [1.54, 1.807) is 6.92 Å². The molecule has 2 aliphatic rings. The van der Waals surface area contributed by atoms with Gasteiger partial charge in [-0.1, -0.05) is 61.4 Å². The Morgan fingerprint density at radius 3 is 2.26 bits per heavy atom. The van der Waals surface area contributed by atoms with Crippen molar-refractivity contribution in [2.45, 2.75) is 50.0 Å². The molecule has 0 aromatic heterocycles. The van der Waals surface area contributed by atoms with Crippen LogP contribution in [-0.4, -0.2) is 47.7 Å². The molecule has 0 heterocycles. The van der Waals surface area contributed by atoms with Gasteiger partial charge < -0.3 is 20.5 Å². The summed E-state index contributed by atoms with van der Waals surface area (Å²) in [7, 11) is 0. The van der Waals surface area contributed by atoms with E-state index in [-0.39, 0.29) is 12.5 Å². The number of carboxylic acids is 1. The molecule has 2 amide bonds. The highest BCUT2D eigenvalue weighted by Gasteiger charge is 2.45. The topological polar surface area (TPSA) is 105 Å². The van der Waals surface area contributed by atoms with Crippen LogP contribution < -0.4 is 10.6 Å². The van der Waals surface area contributed by atoms with Crippen molar-refractivity contribution in [3.05, 3.63) is 59.7 Å². The molecule has 2 aliphatic carbocycles. The number of aliphatic carboxylic acids is 1. The molecule has 2 aromatic carbocycles. The number of amides is 2. The molecule has 0 bridgehead atoms. The zero-order valence-corrected chi connectivity index (χ0v) is 19.4. The van der Waals surface area contributed by atoms with Gasteiger partial charge in [-0.3, -0.25) is 4.79 Å². The second-order valence-corrected chi connectivity index (χ2v) is 9.39. The van der Waals surface area contributed by atoms with Crippen molar-refractivity contribution in [1.29, 1.82) is 0 Å². The van der Waals surface area contributed by atoms with Crippen molar-refractivity contribution in [2.75, 3.05) is 13.2 Å². The number of alkyl carbamates (subject to hydrolysis) is 1. The van der Waals surface area contributed by atoms with Gasteiger partial charge in [-0.25, -0.2) is 9.59 Å².